The Hall–Kier alpha value is -1.32. The van der Waals surface area contributed by atoms with Crippen molar-refractivity contribution in [2.75, 3.05) is 26.5 Å². The Labute approximate surface area is 170 Å². The summed E-state index contributed by atoms with van der Waals surface area (Å²) in [4.78, 5) is 25.8. The summed E-state index contributed by atoms with van der Waals surface area (Å²) in [7, 11) is 1.36. The standard InChI is InChI=1S/C18H26N4O3S.ClH/c1-25-16(23)9-15(11-3-5-12(26-2)6-4-11)20-18(24)17-13-10-19-8-7-14(13)21-22-17;/h3-6,13-15,17,19,21-22H,7-10H2,1-2H3,(H,20,24);1H. The Morgan fingerprint density at radius 3 is 2.70 bits per heavy atom. The van der Waals surface area contributed by atoms with Gasteiger partial charge in [-0.15, -0.1) is 24.2 Å². The molecule has 1 aromatic carbocycles. The molecule has 7 nitrogen and oxygen atoms in total. The van der Waals surface area contributed by atoms with Gasteiger partial charge in [-0.05, 0) is 36.9 Å². The third kappa shape index (κ3) is 5.36. The molecular weight excluding hydrogens is 388 g/mol. The van der Waals surface area contributed by atoms with Gasteiger partial charge in [0.1, 0.15) is 6.04 Å². The molecule has 0 spiro atoms. The maximum absolute atomic E-state index is 12.9. The van der Waals surface area contributed by atoms with Gasteiger partial charge in [-0.2, -0.15) is 0 Å². The Bertz CT molecular complexity index is 646. The number of carbonyl (C=O) groups is 2. The van der Waals surface area contributed by atoms with Crippen LogP contribution in [0.4, 0.5) is 0 Å². The van der Waals surface area contributed by atoms with Gasteiger partial charge in [0, 0.05) is 23.4 Å². The van der Waals surface area contributed by atoms with Gasteiger partial charge in [0.25, 0.3) is 0 Å². The first-order valence-electron chi connectivity index (χ1n) is 8.85. The first-order valence-corrected chi connectivity index (χ1v) is 10.1. The molecule has 1 aromatic rings. The van der Waals surface area contributed by atoms with Crippen LogP contribution in [0.25, 0.3) is 0 Å². The molecule has 2 saturated heterocycles. The quantitative estimate of drug-likeness (QED) is 0.408. The predicted molar refractivity (Wildman–Crippen MR) is 108 cm³/mol. The molecule has 150 valence electrons. The molecule has 0 aromatic heterocycles. The summed E-state index contributed by atoms with van der Waals surface area (Å²) in [6.07, 6.45) is 3.10. The Balaban J connectivity index is 0.00000261. The van der Waals surface area contributed by atoms with Crippen LogP contribution in [0.3, 0.4) is 0 Å². The van der Waals surface area contributed by atoms with Crippen LogP contribution in [0, 0.1) is 5.92 Å². The lowest BCUT2D eigenvalue weighted by Gasteiger charge is -2.28. The van der Waals surface area contributed by atoms with E-state index in [1.54, 1.807) is 11.8 Å². The number of carbonyl (C=O) groups excluding carboxylic acids is 2. The minimum Gasteiger partial charge on any atom is -0.469 e. The fourth-order valence-corrected chi connectivity index (χ4v) is 3.98. The van der Waals surface area contributed by atoms with Crippen LogP contribution in [0.2, 0.25) is 0 Å². The number of piperidine rings is 1. The van der Waals surface area contributed by atoms with Gasteiger partial charge in [-0.1, -0.05) is 12.1 Å². The number of benzene rings is 1. The van der Waals surface area contributed by atoms with E-state index in [-0.39, 0.29) is 42.7 Å². The van der Waals surface area contributed by atoms with Crippen LogP contribution >= 0.6 is 24.2 Å². The van der Waals surface area contributed by atoms with Crippen molar-refractivity contribution in [1.82, 2.24) is 21.5 Å². The SMILES string of the molecule is COC(=O)CC(NC(=O)C1NNC2CCNCC21)c1ccc(SC)cc1.Cl. The van der Waals surface area contributed by atoms with E-state index >= 15 is 0 Å². The molecule has 2 aliphatic heterocycles. The maximum Gasteiger partial charge on any atom is 0.307 e. The Morgan fingerprint density at radius 1 is 1.30 bits per heavy atom. The Morgan fingerprint density at radius 2 is 2.04 bits per heavy atom. The number of hydrogen-bond acceptors (Lipinski definition) is 7. The highest BCUT2D eigenvalue weighted by molar-refractivity contribution is 7.98. The zero-order valence-electron chi connectivity index (χ0n) is 15.5. The lowest BCUT2D eigenvalue weighted by molar-refractivity contribution is -0.141. The number of fused-ring (bicyclic) bond motifs is 1. The van der Waals surface area contributed by atoms with Crippen molar-refractivity contribution in [3.8, 4) is 0 Å². The highest BCUT2D eigenvalue weighted by atomic mass is 35.5. The van der Waals surface area contributed by atoms with Crippen LogP contribution in [-0.4, -0.2) is 50.4 Å². The first-order chi connectivity index (χ1) is 12.6. The van der Waals surface area contributed by atoms with Crippen molar-refractivity contribution < 1.29 is 14.3 Å². The Kier molecular flexibility index (Phi) is 8.37. The normalized spacial score (nSPS) is 25.0. The van der Waals surface area contributed by atoms with Crippen LogP contribution in [0.15, 0.2) is 29.2 Å². The van der Waals surface area contributed by atoms with Crippen molar-refractivity contribution in [3.63, 3.8) is 0 Å². The number of ether oxygens (including phenoxy) is 1. The largest absolute Gasteiger partial charge is 0.469 e. The smallest absolute Gasteiger partial charge is 0.307 e. The van der Waals surface area contributed by atoms with Crippen LogP contribution < -0.4 is 21.5 Å². The lowest BCUT2D eigenvalue weighted by atomic mass is 9.89. The molecule has 4 N–H and O–H groups in total. The number of halogens is 1. The van der Waals surface area contributed by atoms with E-state index in [9.17, 15) is 9.59 Å². The number of nitrogens with one attached hydrogen (secondary N) is 4. The highest BCUT2D eigenvalue weighted by Gasteiger charge is 2.41. The van der Waals surface area contributed by atoms with Crippen LogP contribution in [-0.2, 0) is 14.3 Å². The van der Waals surface area contributed by atoms with Gasteiger partial charge in [0.2, 0.25) is 5.91 Å². The summed E-state index contributed by atoms with van der Waals surface area (Å²) >= 11 is 1.65. The van der Waals surface area contributed by atoms with Gasteiger partial charge in [-0.3, -0.25) is 15.0 Å². The van der Waals surface area contributed by atoms with Crippen molar-refractivity contribution in [2.45, 2.75) is 35.9 Å². The van der Waals surface area contributed by atoms with Gasteiger partial charge in [0.05, 0.1) is 19.6 Å². The van der Waals surface area contributed by atoms with E-state index in [0.29, 0.717) is 6.04 Å². The third-order valence-corrected chi connectivity index (χ3v) is 5.84. The summed E-state index contributed by atoms with van der Waals surface area (Å²) in [5.74, 6) is -0.253. The average Bonchev–Trinajstić information content (AvgIpc) is 3.11. The van der Waals surface area contributed by atoms with Crippen molar-refractivity contribution >= 4 is 36.0 Å². The minimum absolute atomic E-state index is 0. The zero-order chi connectivity index (χ0) is 18.5. The molecule has 2 heterocycles. The van der Waals surface area contributed by atoms with Gasteiger partial charge < -0.3 is 15.4 Å². The monoisotopic (exact) mass is 414 g/mol. The minimum atomic E-state index is -0.414. The van der Waals surface area contributed by atoms with E-state index in [0.717, 1.165) is 30.0 Å². The van der Waals surface area contributed by atoms with E-state index in [4.69, 9.17) is 4.74 Å². The van der Waals surface area contributed by atoms with E-state index in [1.165, 1.54) is 7.11 Å². The summed E-state index contributed by atoms with van der Waals surface area (Å²) in [6, 6.07) is 7.45. The number of hydrogen-bond donors (Lipinski definition) is 4. The molecule has 0 saturated carbocycles. The summed E-state index contributed by atoms with van der Waals surface area (Å²) in [5.41, 5.74) is 7.24. The number of esters is 1. The number of rotatable bonds is 6. The molecular formula is C18H27ClN4O3S. The molecule has 1 amide bonds. The maximum atomic E-state index is 12.9. The van der Waals surface area contributed by atoms with Crippen LogP contribution in [0.5, 0.6) is 0 Å². The van der Waals surface area contributed by atoms with E-state index < -0.39 is 6.04 Å². The first kappa shape index (κ1) is 22.0. The molecule has 3 rings (SSSR count). The molecule has 0 aliphatic carbocycles. The zero-order valence-corrected chi connectivity index (χ0v) is 17.1. The van der Waals surface area contributed by atoms with E-state index in [1.807, 2.05) is 30.5 Å². The second-order valence-electron chi connectivity index (χ2n) is 6.64. The molecule has 4 atom stereocenters. The second-order valence-corrected chi connectivity index (χ2v) is 7.52. The molecule has 0 bridgehead atoms. The van der Waals surface area contributed by atoms with Crippen molar-refractivity contribution in [3.05, 3.63) is 29.8 Å². The van der Waals surface area contributed by atoms with Crippen LogP contribution in [0.1, 0.15) is 24.4 Å². The number of thioether (sulfide) groups is 1. The molecule has 2 fully saturated rings. The molecule has 0 radical (unpaired) electrons. The van der Waals surface area contributed by atoms with Gasteiger partial charge in [0.15, 0.2) is 0 Å². The van der Waals surface area contributed by atoms with Crippen molar-refractivity contribution in [1.29, 1.82) is 0 Å². The van der Waals surface area contributed by atoms with Crippen molar-refractivity contribution in [2.24, 2.45) is 5.92 Å². The molecule has 9 heteroatoms. The second kappa shape index (κ2) is 10.3. The number of hydrazine groups is 1. The van der Waals surface area contributed by atoms with E-state index in [2.05, 4.69) is 21.5 Å². The predicted octanol–water partition coefficient (Wildman–Crippen LogP) is 1.01. The summed E-state index contributed by atoms with van der Waals surface area (Å²) in [5, 5.41) is 6.38. The van der Waals surface area contributed by atoms with Gasteiger partial charge in [-0.25, -0.2) is 5.43 Å². The van der Waals surface area contributed by atoms with Gasteiger partial charge >= 0.3 is 5.97 Å². The molecule has 27 heavy (non-hydrogen) atoms. The topological polar surface area (TPSA) is 91.5 Å². The summed E-state index contributed by atoms with van der Waals surface area (Å²) < 4.78 is 4.81. The fourth-order valence-electron chi connectivity index (χ4n) is 3.58. The molecule has 2 aliphatic rings. The lowest BCUT2D eigenvalue weighted by Crippen LogP contribution is -2.50. The fraction of sp³-hybridized carbons (Fsp3) is 0.556. The summed E-state index contributed by atoms with van der Waals surface area (Å²) in [6.45, 7) is 1.75. The highest BCUT2D eigenvalue weighted by Crippen LogP contribution is 2.24. The number of amides is 1. The number of methoxy groups -OCH3 is 1. The molecule has 4 unspecified atom stereocenters. The average molecular weight is 415 g/mol. The third-order valence-electron chi connectivity index (χ3n) is 5.10.